The van der Waals surface area contributed by atoms with E-state index in [-0.39, 0.29) is 24.0 Å². The number of guanidine groups is 1. The summed E-state index contributed by atoms with van der Waals surface area (Å²) in [6, 6.07) is 7.05. The van der Waals surface area contributed by atoms with Crippen molar-refractivity contribution >= 4 is 41.3 Å². The lowest BCUT2D eigenvalue weighted by Crippen LogP contribution is -2.40. The van der Waals surface area contributed by atoms with Crippen LogP contribution in [-0.4, -0.2) is 53.9 Å². The normalized spacial score (nSPS) is 20.1. The van der Waals surface area contributed by atoms with Gasteiger partial charge in [-0.1, -0.05) is 6.07 Å². The highest BCUT2D eigenvalue weighted by Gasteiger charge is 2.31. The van der Waals surface area contributed by atoms with E-state index in [1.807, 2.05) is 18.3 Å². The van der Waals surface area contributed by atoms with Gasteiger partial charge >= 0.3 is 0 Å². The number of halogens is 1. The van der Waals surface area contributed by atoms with Crippen molar-refractivity contribution in [2.24, 2.45) is 10.9 Å². The number of aromatic nitrogens is 2. The minimum Gasteiger partial charge on any atom is -0.357 e. The van der Waals surface area contributed by atoms with Crippen LogP contribution in [0.3, 0.4) is 0 Å². The topological polar surface area (TPSA) is 57.5 Å². The summed E-state index contributed by atoms with van der Waals surface area (Å²) in [5.41, 5.74) is 2.31. The highest BCUT2D eigenvalue weighted by molar-refractivity contribution is 14.0. The first-order valence-electron chi connectivity index (χ1n) is 10.9. The zero-order chi connectivity index (χ0) is 20.6. The van der Waals surface area contributed by atoms with Gasteiger partial charge in [0.1, 0.15) is 0 Å². The van der Waals surface area contributed by atoms with Crippen LogP contribution >= 0.6 is 35.3 Å². The number of hydrogen-bond donors (Lipinski definition) is 2. The molecule has 1 fully saturated rings. The number of likely N-dealkylation sites (tertiary alicyclic amines) is 1. The molecule has 6 nitrogen and oxygen atoms in total. The molecule has 0 amide bonds. The molecule has 8 heteroatoms. The lowest BCUT2D eigenvalue weighted by Gasteiger charge is -2.38. The van der Waals surface area contributed by atoms with Crippen molar-refractivity contribution in [3.63, 3.8) is 0 Å². The zero-order valence-electron chi connectivity index (χ0n) is 18.7. The molecule has 0 saturated carbocycles. The van der Waals surface area contributed by atoms with E-state index >= 15 is 0 Å². The van der Waals surface area contributed by atoms with E-state index in [1.54, 1.807) is 0 Å². The summed E-state index contributed by atoms with van der Waals surface area (Å²) in [7, 11) is 2.25. The van der Waals surface area contributed by atoms with Crippen molar-refractivity contribution in [3.8, 4) is 0 Å². The first-order chi connectivity index (χ1) is 14.1. The molecule has 1 saturated heterocycles. The number of aliphatic imine (C=N–C) groups is 1. The molecule has 30 heavy (non-hydrogen) atoms. The first kappa shape index (κ1) is 25.1. The fourth-order valence-corrected chi connectivity index (χ4v) is 5.23. The summed E-state index contributed by atoms with van der Waals surface area (Å²) < 4.78 is 2.09. The third-order valence-electron chi connectivity index (χ3n) is 5.61. The van der Waals surface area contributed by atoms with E-state index in [0.29, 0.717) is 12.0 Å². The summed E-state index contributed by atoms with van der Waals surface area (Å²) in [6.45, 7) is 11.0. The van der Waals surface area contributed by atoms with Crippen LogP contribution in [0.1, 0.15) is 48.5 Å². The maximum atomic E-state index is 4.95. The second kappa shape index (κ2) is 12.7. The predicted octanol–water partition coefficient (Wildman–Crippen LogP) is 4.21. The quantitative estimate of drug-likeness (QED) is 0.226. The summed E-state index contributed by atoms with van der Waals surface area (Å²) >= 11 is 1.87. The smallest absolute Gasteiger partial charge is 0.191 e. The molecule has 3 rings (SSSR count). The van der Waals surface area contributed by atoms with Gasteiger partial charge in [0.25, 0.3) is 0 Å². The van der Waals surface area contributed by atoms with E-state index in [1.165, 1.54) is 30.0 Å². The molecule has 168 valence electrons. The Hall–Kier alpha value is -1.13. The van der Waals surface area contributed by atoms with Crippen LogP contribution in [0, 0.1) is 19.8 Å². The van der Waals surface area contributed by atoms with Crippen molar-refractivity contribution in [1.29, 1.82) is 0 Å². The molecule has 2 atom stereocenters. The van der Waals surface area contributed by atoms with Gasteiger partial charge in [0, 0.05) is 42.8 Å². The first-order valence-corrected chi connectivity index (χ1v) is 11.7. The third-order valence-corrected chi connectivity index (χ3v) is 6.56. The molecular formula is C22H37IN6S. The van der Waals surface area contributed by atoms with Gasteiger partial charge in [0.2, 0.25) is 0 Å². The van der Waals surface area contributed by atoms with E-state index in [4.69, 9.17) is 4.99 Å². The number of piperidine rings is 1. The van der Waals surface area contributed by atoms with Gasteiger partial charge in [-0.05, 0) is 77.1 Å². The largest absolute Gasteiger partial charge is 0.357 e. The molecule has 1 aliphatic heterocycles. The Bertz CT molecular complexity index is 773. The van der Waals surface area contributed by atoms with Gasteiger partial charge in [-0.3, -0.25) is 14.6 Å². The molecule has 2 aromatic rings. The Morgan fingerprint density at radius 3 is 2.83 bits per heavy atom. The van der Waals surface area contributed by atoms with Crippen LogP contribution in [0.15, 0.2) is 28.6 Å². The Morgan fingerprint density at radius 1 is 1.33 bits per heavy atom. The number of hydrogen-bond acceptors (Lipinski definition) is 4. The molecule has 0 radical (unpaired) electrons. The van der Waals surface area contributed by atoms with Gasteiger partial charge in [0.15, 0.2) is 5.96 Å². The summed E-state index contributed by atoms with van der Waals surface area (Å²) in [5.74, 6) is 1.50. The maximum absolute atomic E-state index is 4.95. The van der Waals surface area contributed by atoms with Crippen molar-refractivity contribution in [3.05, 3.63) is 39.8 Å². The Labute approximate surface area is 202 Å². The summed E-state index contributed by atoms with van der Waals surface area (Å²) in [4.78, 5) is 8.92. The third kappa shape index (κ3) is 6.95. The Morgan fingerprint density at radius 2 is 2.17 bits per heavy atom. The van der Waals surface area contributed by atoms with Crippen LogP contribution in [-0.2, 0) is 6.54 Å². The standard InChI is InChI=1S/C22H36N6S.HI/c1-5-23-22(24-11-8-13-28-18(3)15-17(2)26-28)25-16-19-9-6-12-27(4)21(19)20-10-7-14-29-20;/h7,10,14-15,19,21H,5-6,8-9,11-13,16H2,1-4H3,(H2,23,24,25);1H. The van der Waals surface area contributed by atoms with Gasteiger partial charge < -0.3 is 10.6 Å². The molecule has 2 aromatic heterocycles. The molecule has 1 aliphatic rings. The average Bonchev–Trinajstić information content (AvgIpc) is 3.32. The van der Waals surface area contributed by atoms with Crippen molar-refractivity contribution in [1.82, 2.24) is 25.3 Å². The average molecular weight is 545 g/mol. The predicted molar refractivity (Wildman–Crippen MR) is 138 cm³/mol. The Kier molecular flexibility index (Phi) is 10.6. The zero-order valence-corrected chi connectivity index (χ0v) is 21.9. The van der Waals surface area contributed by atoms with Crippen LogP contribution in [0.5, 0.6) is 0 Å². The molecule has 2 N–H and O–H groups in total. The summed E-state index contributed by atoms with van der Waals surface area (Å²) in [5, 5.41) is 13.6. The highest BCUT2D eigenvalue weighted by Crippen LogP contribution is 2.37. The minimum atomic E-state index is 0. The van der Waals surface area contributed by atoms with Gasteiger partial charge in [0.05, 0.1) is 5.69 Å². The van der Waals surface area contributed by atoms with Gasteiger partial charge in [-0.25, -0.2) is 0 Å². The second-order valence-corrected chi connectivity index (χ2v) is 8.97. The second-order valence-electron chi connectivity index (χ2n) is 7.99. The molecule has 0 aliphatic carbocycles. The number of nitrogens with one attached hydrogen (secondary N) is 2. The van der Waals surface area contributed by atoms with Gasteiger partial charge in [-0.15, -0.1) is 35.3 Å². The highest BCUT2D eigenvalue weighted by atomic mass is 127. The van der Waals surface area contributed by atoms with E-state index < -0.39 is 0 Å². The van der Waals surface area contributed by atoms with Crippen molar-refractivity contribution in [2.75, 3.05) is 33.2 Å². The molecule has 3 heterocycles. The molecule has 0 spiro atoms. The molecule has 2 unspecified atom stereocenters. The molecule has 0 bridgehead atoms. The van der Waals surface area contributed by atoms with E-state index in [9.17, 15) is 0 Å². The van der Waals surface area contributed by atoms with Crippen LogP contribution in [0.4, 0.5) is 0 Å². The van der Waals surface area contributed by atoms with Crippen molar-refractivity contribution < 1.29 is 0 Å². The van der Waals surface area contributed by atoms with Crippen LogP contribution < -0.4 is 10.6 Å². The van der Waals surface area contributed by atoms with Crippen molar-refractivity contribution in [2.45, 2.75) is 52.6 Å². The Balaban J connectivity index is 0.00000320. The minimum absolute atomic E-state index is 0. The lowest BCUT2D eigenvalue weighted by atomic mass is 9.88. The number of thiophene rings is 1. The molecule has 0 aromatic carbocycles. The van der Waals surface area contributed by atoms with Crippen LogP contribution in [0.2, 0.25) is 0 Å². The monoisotopic (exact) mass is 544 g/mol. The van der Waals surface area contributed by atoms with E-state index in [2.05, 4.69) is 69.8 Å². The van der Waals surface area contributed by atoms with Gasteiger partial charge in [-0.2, -0.15) is 5.10 Å². The summed E-state index contributed by atoms with van der Waals surface area (Å²) in [6.07, 6.45) is 3.52. The number of rotatable bonds is 8. The fourth-order valence-electron chi connectivity index (χ4n) is 4.25. The van der Waals surface area contributed by atoms with Crippen LogP contribution in [0.25, 0.3) is 0 Å². The molecular weight excluding hydrogens is 507 g/mol. The number of nitrogens with zero attached hydrogens (tertiary/aromatic N) is 4. The fraction of sp³-hybridized carbons (Fsp3) is 0.636. The SMILES string of the molecule is CCNC(=NCC1CCCN(C)C1c1cccs1)NCCCn1nc(C)cc1C.I. The van der Waals surface area contributed by atoms with E-state index in [0.717, 1.165) is 44.3 Å². The lowest BCUT2D eigenvalue weighted by molar-refractivity contribution is 0.128. The number of aryl methyl sites for hydroxylation is 3. The maximum Gasteiger partial charge on any atom is 0.191 e.